The maximum absolute atomic E-state index is 12.0. The molecule has 0 spiro atoms. The number of halogens is 1. The summed E-state index contributed by atoms with van der Waals surface area (Å²) in [7, 11) is 0. The van der Waals surface area contributed by atoms with Gasteiger partial charge in [-0.1, -0.05) is 34.1 Å². The first-order valence-corrected chi connectivity index (χ1v) is 8.32. The molecule has 122 valence electrons. The van der Waals surface area contributed by atoms with Crippen LogP contribution in [0.5, 0.6) is 0 Å². The number of hydrogen-bond acceptors (Lipinski definition) is 3. The third-order valence-corrected chi connectivity index (χ3v) is 4.37. The van der Waals surface area contributed by atoms with E-state index in [2.05, 4.69) is 31.7 Å². The summed E-state index contributed by atoms with van der Waals surface area (Å²) in [6.45, 7) is 2.13. The Kier molecular flexibility index (Phi) is 4.96. The lowest BCUT2D eigenvalue weighted by molar-refractivity contribution is -0.114. The van der Waals surface area contributed by atoms with Crippen LogP contribution in [0.15, 0.2) is 65.3 Å². The van der Waals surface area contributed by atoms with E-state index in [0.29, 0.717) is 5.82 Å². The van der Waals surface area contributed by atoms with Gasteiger partial charge in [0.2, 0.25) is 5.91 Å². The number of para-hydroxylation sites is 1. The van der Waals surface area contributed by atoms with Crippen LogP contribution >= 0.6 is 15.9 Å². The molecule has 0 unspecified atom stereocenters. The zero-order chi connectivity index (χ0) is 16.9. The molecule has 0 atom stereocenters. The molecule has 1 amide bonds. The van der Waals surface area contributed by atoms with Crippen LogP contribution in [0.3, 0.4) is 0 Å². The number of nitrogens with one attached hydrogen (secondary N) is 2. The molecule has 0 fully saturated rings. The molecule has 0 aliphatic carbocycles. The second-order valence-electron chi connectivity index (χ2n) is 5.35. The van der Waals surface area contributed by atoms with Crippen molar-refractivity contribution >= 4 is 33.3 Å². The van der Waals surface area contributed by atoms with Crippen molar-refractivity contribution in [1.29, 1.82) is 0 Å². The second kappa shape index (κ2) is 7.31. The fraction of sp³-hybridized carbons (Fsp3) is 0.111. The summed E-state index contributed by atoms with van der Waals surface area (Å²) < 4.78 is 2.78. The van der Waals surface area contributed by atoms with Gasteiger partial charge in [-0.25, -0.2) is 4.68 Å². The number of carbonyl (C=O) groups excluding carboxylic acids is 1. The van der Waals surface area contributed by atoms with Gasteiger partial charge >= 0.3 is 0 Å². The van der Waals surface area contributed by atoms with E-state index in [-0.39, 0.29) is 12.5 Å². The highest BCUT2D eigenvalue weighted by molar-refractivity contribution is 9.10. The topological polar surface area (TPSA) is 59.0 Å². The van der Waals surface area contributed by atoms with Crippen LogP contribution in [0.25, 0.3) is 5.69 Å². The molecular weight excluding hydrogens is 368 g/mol. The molecule has 3 rings (SSSR count). The van der Waals surface area contributed by atoms with Gasteiger partial charge in [0.25, 0.3) is 0 Å². The van der Waals surface area contributed by atoms with Crippen LogP contribution in [-0.4, -0.2) is 22.2 Å². The van der Waals surface area contributed by atoms with E-state index < -0.39 is 0 Å². The van der Waals surface area contributed by atoms with Crippen molar-refractivity contribution in [2.45, 2.75) is 6.92 Å². The van der Waals surface area contributed by atoms with Gasteiger partial charge in [0.05, 0.1) is 12.2 Å². The molecule has 0 saturated carbocycles. The molecule has 1 heterocycles. The van der Waals surface area contributed by atoms with Gasteiger partial charge in [-0.2, -0.15) is 5.10 Å². The van der Waals surface area contributed by atoms with Crippen LogP contribution in [0.4, 0.5) is 11.5 Å². The summed E-state index contributed by atoms with van der Waals surface area (Å²) >= 11 is 3.44. The molecule has 0 aliphatic rings. The molecule has 3 aromatic rings. The summed E-state index contributed by atoms with van der Waals surface area (Å²) in [5.41, 5.74) is 2.82. The van der Waals surface area contributed by atoms with Crippen molar-refractivity contribution < 1.29 is 4.79 Å². The lowest BCUT2D eigenvalue weighted by atomic mass is 10.2. The summed E-state index contributed by atoms with van der Waals surface area (Å²) in [6, 6.07) is 17.4. The quantitative estimate of drug-likeness (QED) is 0.698. The monoisotopic (exact) mass is 384 g/mol. The Hall–Kier alpha value is -2.60. The predicted octanol–water partition coefficient (Wildman–Crippen LogP) is 3.99. The number of carbonyl (C=O) groups is 1. The van der Waals surface area contributed by atoms with E-state index in [9.17, 15) is 4.79 Å². The van der Waals surface area contributed by atoms with Crippen molar-refractivity contribution in [3.63, 3.8) is 0 Å². The standard InChI is InChI=1S/C18H17BrN4O/c1-13-11-14(7-8-16(13)19)21-18(24)12-20-17-9-10-23(22-17)15-5-3-2-4-6-15/h2-11H,12H2,1H3,(H,20,22)(H,21,24). The Morgan fingerprint density at radius 3 is 2.71 bits per heavy atom. The summed E-state index contributed by atoms with van der Waals surface area (Å²) in [5.74, 6) is 0.534. The minimum Gasteiger partial charge on any atom is -0.360 e. The number of benzene rings is 2. The smallest absolute Gasteiger partial charge is 0.243 e. The first kappa shape index (κ1) is 16.3. The molecule has 6 heteroatoms. The number of nitrogens with zero attached hydrogens (tertiary/aromatic N) is 2. The average Bonchev–Trinajstić information content (AvgIpc) is 3.06. The number of rotatable bonds is 5. The minimum atomic E-state index is -0.119. The van der Waals surface area contributed by atoms with E-state index >= 15 is 0 Å². The Bertz CT molecular complexity index is 845. The lowest BCUT2D eigenvalue weighted by Crippen LogP contribution is -2.22. The highest BCUT2D eigenvalue weighted by Crippen LogP contribution is 2.20. The van der Waals surface area contributed by atoms with Crippen LogP contribution in [-0.2, 0) is 4.79 Å². The van der Waals surface area contributed by atoms with E-state index in [1.807, 2.05) is 67.7 Å². The normalized spacial score (nSPS) is 10.4. The van der Waals surface area contributed by atoms with Gasteiger partial charge in [0, 0.05) is 22.4 Å². The number of amides is 1. The van der Waals surface area contributed by atoms with E-state index in [1.165, 1.54) is 0 Å². The Morgan fingerprint density at radius 2 is 1.96 bits per heavy atom. The molecular formula is C18H17BrN4O. The van der Waals surface area contributed by atoms with E-state index in [0.717, 1.165) is 21.4 Å². The Balaban J connectivity index is 1.56. The van der Waals surface area contributed by atoms with Crippen molar-refractivity contribution in [2.75, 3.05) is 17.2 Å². The van der Waals surface area contributed by atoms with Crippen molar-refractivity contribution in [2.24, 2.45) is 0 Å². The number of hydrogen-bond donors (Lipinski definition) is 2. The molecule has 24 heavy (non-hydrogen) atoms. The Labute approximate surface area is 148 Å². The third-order valence-electron chi connectivity index (χ3n) is 3.48. The van der Waals surface area contributed by atoms with Gasteiger partial charge in [0.1, 0.15) is 5.82 Å². The van der Waals surface area contributed by atoms with Gasteiger partial charge in [-0.05, 0) is 42.8 Å². The summed E-state index contributed by atoms with van der Waals surface area (Å²) in [6.07, 6.45) is 1.85. The molecule has 5 nitrogen and oxygen atoms in total. The van der Waals surface area contributed by atoms with Gasteiger partial charge in [-0.3, -0.25) is 4.79 Å². The van der Waals surface area contributed by atoms with E-state index in [4.69, 9.17) is 0 Å². The second-order valence-corrected chi connectivity index (χ2v) is 6.20. The zero-order valence-corrected chi connectivity index (χ0v) is 14.7. The van der Waals surface area contributed by atoms with Gasteiger partial charge < -0.3 is 10.6 Å². The maximum Gasteiger partial charge on any atom is 0.243 e. The SMILES string of the molecule is Cc1cc(NC(=O)CNc2ccn(-c3ccccc3)n2)ccc1Br. The molecule has 0 bridgehead atoms. The summed E-state index contributed by atoms with van der Waals surface area (Å²) in [4.78, 5) is 12.0. The average molecular weight is 385 g/mol. The van der Waals surface area contributed by atoms with Crippen LogP contribution in [0.2, 0.25) is 0 Å². The highest BCUT2D eigenvalue weighted by Gasteiger charge is 2.06. The third kappa shape index (κ3) is 4.02. The fourth-order valence-electron chi connectivity index (χ4n) is 2.24. The first-order valence-electron chi connectivity index (χ1n) is 7.53. The maximum atomic E-state index is 12.0. The van der Waals surface area contributed by atoms with Gasteiger partial charge in [0.15, 0.2) is 0 Å². The molecule has 0 saturated heterocycles. The predicted molar refractivity (Wildman–Crippen MR) is 99.6 cm³/mol. The van der Waals surface area contributed by atoms with Crippen LogP contribution in [0.1, 0.15) is 5.56 Å². The molecule has 1 aromatic heterocycles. The van der Waals surface area contributed by atoms with Crippen LogP contribution in [0, 0.1) is 6.92 Å². The minimum absolute atomic E-state index is 0.119. The largest absolute Gasteiger partial charge is 0.360 e. The summed E-state index contributed by atoms with van der Waals surface area (Å²) in [5, 5.41) is 10.3. The molecule has 2 aromatic carbocycles. The molecule has 0 aliphatic heterocycles. The lowest BCUT2D eigenvalue weighted by Gasteiger charge is -2.07. The van der Waals surface area contributed by atoms with Gasteiger partial charge in [-0.15, -0.1) is 0 Å². The van der Waals surface area contributed by atoms with Crippen molar-refractivity contribution in [1.82, 2.24) is 9.78 Å². The Morgan fingerprint density at radius 1 is 1.17 bits per heavy atom. The molecule has 0 radical (unpaired) electrons. The van der Waals surface area contributed by atoms with E-state index in [1.54, 1.807) is 4.68 Å². The zero-order valence-electron chi connectivity index (χ0n) is 13.2. The highest BCUT2D eigenvalue weighted by atomic mass is 79.9. The van der Waals surface area contributed by atoms with Crippen LogP contribution < -0.4 is 10.6 Å². The molecule has 2 N–H and O–H groups in total. The number of aromatic nitrogens is 2. The van der Waals surface area contributed by atoms with Crippen molar-refractivity contribution in [3.05, 3.63) is 70.8 Å². The first-order chi connectivity index (χ1) is 11.6. The fourth-order valence-corrected chi connectivity index (χ4v) is 2.49. The number of aryl methyl sites for hydroxylation is 1. The number of anilines is 2. The van der Waals surface area contributed by atoms with Crippen molar-refractivity contribution in [3.8, 4) is 5.69 Å².